The largest absolute Gasteiger partial charge is 0.395 e. The third kappa shape index (κ3) is 5.33. The maximum Gasteiger partial charge on any atom is 0.104 e. The summed E-state index contributed by atoms with van der Waals surface area (Å²) >= 11 is 0. The lowest BCUT2D eigenvalue weighted by Gasteiger charge is -2.20. The van der Waals surface area contributed by atoms with Gasteiger partial charge in [0.2, 0.25) is 0 Å². The zero-order valence-corrected chi connectivity index (χ0v) is 10.9. The standard InChI is InChI=1S/C15H21NO2/c1-2-8-16(9-11-18)13-15-6-3-5-14(12-15)7-4-10-17/h3,5-6,12,17-18H,2,8-11,13H2,1H3. The minimum atomic E-state index is -0.114. The molecule has 0 aliphatic heterocycles. The van der Waals surface area contributed by atoms with E-state index in [1.807, 2.05) is 18.2 Å². The number of nitrogens with zero attached hydrogens (tertiary/aromatic N) is 1. The summed E-state index contributed by atoms with van der Waals surface area (Å²) in [6, 6.07) is 8.00. The van der Waals surface area contributed by atoms with Crippen molar-refractivity contribution in [3.05, 3.63) is 35.4 Å². The van der Waals surface area contributed by atoms with Crippen LogP contribution in [0.1, 0.15) is 24.5 Å². The van der Waals surface area contributed by atoms with Crippen molar-refractivity contribution < 1.29 is 10.2 Å². The number of hydrogen-bond donors (Lipinski definition) is 2. The van der Waals surface area contributed by atoms with Gasteiger partial charge in [-0.05, 0) is 30.7 Å². The van der Waals surface area contributed by atoms with Crippen LogP contribution in [-0.4, -0.2) is 41.4 Å². The molecular formula is C15H21NO2. The second kappa shape index (κ2) is 8.71. The van der Waals surface area contributed by atoms with Crippen LogP contribution < -0.4 is 0 Å². The van der Waals surface area contributed by atoms with Gasteiger partial charge in [0, 0.05) is 18.7 Å². The monoisotopic (exact) mass is 247 g/mol. The van der Waals surface area contributed by atoms with E-state index in [1.165, 1.54) is 5.56 Å². The Balaban J connectivity index is 2.70. The summed E-state index contributed by atoms with van der Waals surface area (Å²) in [4.78, 5) is 2.22. The quantitative estimate of drug-likeness (QED) is 0.743. The zero-order chi connectivity index (χ0) is 13.2. The van der Waals surface area contributed by atoms with Crippen LogP contribution in [0.25, 0.3) is 0 Å². The fraction of sp³-hybridized carbons (Fsp3) is 0.467. The molecule has 18 heavy (non-hydrogen) atoms. The van der Waals surface area contributed by atoms with Crippen LogP contribution in [0, 0.1) is 11.8 Å². The van der Waals surface area contributed by atoms with Gasteiger partial charge in [-0.1, -0.05) is 30.9 Å². The molecule has 3 heteroatoms. The van der Waals surface area contributed by atoms with Crippen LogP contribution in [0.4, 0.5) is 0 Å². The number of rotatable bonds is 6. The van der Waals surface area contributed by atoms with Crippen molar-refractivity contribution >= 4 is 0 Å². The maximum absolute atomic E-state index is 9.02. The average Bonchev–Trinajstić information content (AvgIpc) is 2.37. The Morgan fingerprint density at radius 3 is 2.72 bits per heavy atom. The first-order valence-electron chi connectivity index (χ1n) is 6.32. The Bertz CT molecular complexity index is 400. The van der Waals surface area contributed by atoms with Crippen molar-refractivity contribution in [1.82, 2.24) is 4.90 Å². The number of benzene rings is 1. The molecule has 0 fully saturated rings. The zero-order valence-electron chi connectivity index (χ0n) is 10.9. The molecule has 0 aliphatic rings. The molecule has 2 N–H and O–H groups in total. The molecule has 0 saturated heterocycles. The third-order valence-electron chi connectivity index (χ3n) is 2.60. The van der Waals surface area contributed by atoms with Gasteiger partial charge in [0.1, 0.15) is 6.61 Å². The lowest BCUT2D eigenvalue weighted by molar-refractivity contribution is 0.190. The summed E-state index contributed by atoms with van der Waals surface area (Å²) in [6.45, 7) is 4.70. The van der Waals surface area contributed by atoms with E-state index in [1.54, 1.807) is 0 Å². The first-order chi connectivity index (χ1) is 8.80. The molecule has 0 amide bonds. The van der Waals surface area contributed by atoms with Gasteiger partial charge in [0.25, 0.3) is 0 Å². The van der Waals surface area contributed by atoms with Gasteiger partial charge in [-0.15, -0.1) is 0 Å². The van der Waals surface area contributed by atoms with Gasteiger partial charge in [0.05, 0.1) is 6.61 Å². The van der Waals surface area contributed by atoms with Crippen molar-refractivity contribution in [2.45, 2.75) is 19.9 Å². The summed E-state index contributed by atoms with van der Waals surface area (Å²) in [7, 11) is 0. The normalized spacial score (nSPS) is 10.2. The summed E-state index contributed by atoms with van der Waals surface area (Å²) < 4.78 is 0. The highest BCUT2D eigenvalue weighted by Crippen LogP contribution is 2.08. The molecule has 0 unspecified atom stereocenters. The second-order valence-corrected chi connectivity index (χ2v) is 4.16. The van der Waals surface area contributed by atoms with Crippen LogP contribution in [0.5, 0.6) is 0 Å². The lowest BCUT2D eigenvalue weighted by Crippen LogP contribution is -2.27. The topological polar surface area (TPSA) is 43.7 Å². The highest BCUT2D eigenvalue weighted by molar-refractivity contribution is 5.37. The molecule has 0 saturated carbocycles. The second-order valence-electron chi connectivity index (χ2n) is 4.16. The van der Waals surface area contributed by atoms with Gasteiger partial charge < -0.3 is 10.2 Å². The number of aliphatic hydroxyl groups is 2. The first-order valence-corrected chi connectivity index (χ1v) is 6.32. The van der Waals surface area contributed by atoms with Crippen molar-refractivity contribution in [1.29, 1.82) is 0 Å². The predicted octanol–water partition coefficient (Wildman–Crippen LogP) is 1.23. The van der Waals surface area contributed by atoms with E-state index in [9.17, 15) is 0 Å². The van der Waals surface area contributed by atoms with Gasteiger partial charge in [-0.3, -0.25) is 4.90 Å². The van der Waals surface area contributed by atoms with E-state index in [4.69, 9.17) is 10.2 Å². The van der Waals surface area contributed by atoms with Crippen molar-refractivity contribution in [3.63, 3.8) is 0 Å². The van der Waals surface area contributed by atoms with Crippen molar-refractivity contribution in [2.75, 3.05) is 26.3 Å². The Morgan fingerprint density at radius 2 is 2.06 bits per heavy atom. The molecule has 1 aromatic carbocycles. The van der Waals surface area contributed by atoms with E-state index in [-0.39, 0.29) is 13.2 Å². The van der Waals surface area contributed by atoms with E-state index in [0.29, 0.717) is 6.54 Å². The molecule has 98 valence electrons. The number of hydrogen-bond acceptors (Lipinski definition) is 3. The van der Waals surface area contributed by atoms with Crippen LogP contribution in [0.3, 0.4) is 0 Å². The Morgan fingerprint density at radius 1 is 1.22 bits per heavy atom. The molecule has 0 radical (unpaired) electrons. The molecule has 0 aliphatic carbocycles. The van der Waals surface area contributed by atoms with Crippen molar-refractivity contribution in [3.8, 4) is 11.8 Å². The molecule has 0 bridgehead atoms. The van der Waals surface area contributed by atoms with Gasteiger partial charge in [0.15, 0.2) is 0 Å². The van der Waals surface area contributed by atoms with Gasteiger partial charge in [-0.25, -0.2) is 0 Å². The van der Waals surface area contributed by atoms with Gasteiger partial charge in [-0.2, -0.15) is 0 Å². The highest BCUT2D eigenvalue weighted by Gasteiger charge is 2.04. The summed E-state index contributed by atoms with van der Waals surface area (Å²) in [6.07, 6.45) is 1.07. The smallest absolute Gasteiger partial charge is 0.104 e. The average molecular weight is 247 g/mol. The SMILES string of the molecule is CCCN(CCO)Cc1cccc(C#CCO)c1. The van der Waals surface area contributed by atoms with E-state index in [0.717, 1.165) is 25.1 Å². The Kier molecular flexibility index (Phi) is 7.12. The molecule has 1 aromatic rings. The lowest BCUT2D eigenvalue weighted by atomic mass is 10.1. The minimum absolute atomic E-state index is 0.114. The molecule has 1 rings (SSSR count). The fourth-order valence-electron chi connectivity index (χ4n) is 1.87. The molecule has 0 atom stereocenters. The molecule has 3 nitrogen and oxygen atoms in total. The summed E-state index contributed by atoms with van der Waals surface area (Å²) in [5.41, 5.74) is 2.10. The van der Waals surface area contributed by atoms with Crippen LogP contribution in [0.2, 0.25) is 0 Å². The van der Waals surface area contributed by atoms with E-state index in [2.05, 4.69) is 29.7 Å². The fourth-order valence-corrected chi connectivity index (χ4v) is 1.87. The van der Waals surface area contributed by atoms with Crippen LogP contribution in [-0.2, 0) is 6.54 Å². The molecule has 0 heterocycles. The van der Waals surface area contributed by atoms with Gasteiger partial charge >= 0.3 is 0 Å². The maximum atomic E-state index is 9.02. The van der Waals surface area contributed by atoms with Crippen LogP contribution in [0.15, 0.2) is 24.3 Å². The molecular weight excluding hydrogens is 226 g/mol. The summed E-state index contributed by atoms with van der Waals surface area (Å²) in [5, 5.41) is 17.7. The van der Waals surface area contributed by atoms with E-state index >= 15 is 0 Å². The summed E-state index contributed by atoms with van der Waals surface area (Å²) in [5.74, 6) is 5.55. The first kappa shape index (κ1) is 14.7. The molecule has 0 spiro atoms. The Labute approximate surface area is 109 Å². The van der Waals surface area contributed by atoms with Crippen LogP contribution >= 0.6 is 0 Å². The third-order valence-corrected chi connectivity index (χ3v) is 2.60. The van der Waals surface area contributed by atoms with Crippen molar-refractivity contribution in [2.24, 2.45) is 0 Å². The molecule has 0 aromatic heterocycles. The minimum Gasteiger partial charge on any atom is -0.395 e. The number of aliphatic hydroxyl groups excluding tert-OH is 2. The predicted molar refractivity (Wildman–Crippen MR) is 73.1 cm³/mol. The van der Waals surface area contributed by atoms with E-state index < -0.39 is 0 Å². The Hall–Kier alpha value is -1.34. The highest BCUT2D eigenvalue weighted by atomic mass is 16.3.